The van der Waals surface area contributed by atoms with Gasteiger partial charge in [-0.05, 0) is 72.5 Å². The minimum Gasteiger partial charge on any atom is -0.462 e. The van der Waals surface area contributed by atoms with Crippen LogP contribution in [0.3, 0.4) is 0 Å². The minimum absolute atomic E-state index is 0.253. The fraction of sp³-hybridized carbons (Fsp3) is 0.0625. The van der Waals surface area contributed by atoms with Crippen molar-refractivity contribution in [2.45, 2.75) is 6.92 Å². The Hall–Kier alpha value is -5.08. The number of amides is 2. The second-order valence-electron chi connectivity index (χ2n) is 9.01. The van der Waals surface area contributed by atoms with E-state index in [0.29, 0.717) is 28.0 Å². The van der Waals surface area contributed by atoms with Crippen molar-refractivity contribution < 1.29 is 19.1 Å². The lowest BCUT2D eigenvalue weighted by molar-refractivity contribution is -0.112. The Kier molecular flexibility index (Phi) is 6.67. The van der Waals surface area contributed by atoms with Crippen LogP contribution in [0.15, 0.2) is 103 Å². The Morgan fingerprint density at radius 2 is 1.57 bits per heavy atom. The Morgan fingerprint density at radius 1 is 0.850 bits per heavy atom. The lowest BCUT2D eigenvalue weighted by Gasteiger charge is -2.28. The van der Waals surface area contributed by atoms with Crippen molar-refractivity contribution in [2.24, 2.45) is 0 Å². The van der Waals surface area contributed by atoms with Crippen molar-refractivity contribution >= 4 is 46.5 Å². The molecule has 196 valence electrons. The Balaban J connectivity index is 1.48. The van der Waals surface area contributed by atoms with E-state index in [1.807, 2.05) is 60.1 Å². The summed E-state index contributed by atoms with van der Waals surface area (Å²) in [7, 11) is 0. The van der Waals surface area contributed by atoms with Crippen molar-refractivity contribution in [3.05, 3.63) is 125 Å². The van der Waals surface area contributed by atoms with E-state index in [1.165, 1.54) is 0 Å². The van der Waals surface area contributed by atoms with Gasteiger partial charge in [0.15, 0.2) is 0 Å². The largest absolute Gasteiger partial charge is 0.462 e. The number of rotatable bonds is 6. The van der Waals surface area contributed by atoms with Crippen LogP contribution in [0.2, 0.25) is 0 Å². The second-order valence-corrected chi connectivity index (χ2v) is 9.95. The van der Waals surface area contributed by atoms with Crippen LogP contribution in [-0.4, -0.2) is 34.2 Å². The van der Waals surface area contributed by atoms with E-state index in [1.54, 1.807) is 71.5 Å². The average Bonchev–Trinajstić information content (AvgIpc) is 3.67. The van der Waals surface area contributed by atoms with Crippen LogP contribution < -0.4 is 4.90 Å². The predicted molar refractivity (Wildman–Crippen MR) is 155 cm³/mol. The fourth-order valence-electron chi connectivity index (χ4n) is 4.65. The monoisotopic (exact) mass is 545 g/mol. The van der Waals surface area contributed by atoms with Gasteiger partial charge in [0.25, 0.3) is 11.8 Å². The number of imide groups is 1. The fourth-order valence-corrected chi connectivity index (χ4v) is 5.39. The minimum atomic E-state index is -0.465. The highest BCUT2D eigenvalue weighted by Crippen LogP contribution is 2.36. The number of ether oxygens (including phenoxy) is 1. The number of hydrogen-bond donors (Lipinski definition) is 0. The van der Waals surface area contributed by atoms with Gasteiger partial charge in [-0.15, -0.1) is 11.3 Å². The molecule has 8 heteroatoms. The first-order valence-electron chi connectivity index (χ1n) is 12.7. The number of thiophene rings is 1. The zero-order valence-corrected chi connectivity index (χ0v) is 22.3. The maximum Gasteiger partial charge on any atom is 0.338 e. The molecule has 0 atom stereocenters. The first-order chi connectivity index (χ1) is 19.5. The molecule has 0 N–H and O–H groups in total. The summed E-state index contributed by atoms with van der Waals surface area (Å²) in [6.07, 6.45) is 3.69. The van der Waals surface area contributed by atoms with Gasteiger partial charge in [0, 0.05) is 22.9 Å². The molecule has 0 saturated carbocycles. The summed E-state index contributed by atoms with van der Waals surface area (Å²) in [5.41, 5.74) is 4.41. The Labute approximate surface area is 234 Å². The summed E-state index contributed by atoms with van der Waals surface area (Å²) >= 11 is 1.56. The molecular weight excluding hydrogens is 522 g/mol. The van der Waals surface area contributed by atoms with E-state index in [-0.39, 0.29) is 6.61 Å². The maximum atomic E-state index is 14.0. The summed E-state index contributed by atoms with van der Waals surface area (Å²) < 4.78 is 6.85. The smallest absolute Gasteiger partial charge is 0.338 e. The first kappa shape index (κ1) is 25.2. The first-order valence-corrected chi connectivity index (χ1v) is 13.6. The molecule has 1 aliphatic heterocycles. The second kappa shape index (κ2) is 10.6. The summed E-state index contributed by atoms with van der Waals surface area (Å²) in [5.74, 6) is -1.36. The third-order valence-corrected chi connectivity index (χ3v) is 7.42. The van der Waals surface area contributed by atoms with Gasteiger partial charge in [0.1, 0.15) is 5.69 Å². The molecule has 0 unspecified atom stereocenters. The van der Waals surface area contributed by atoms with Crippen molar-refractivity contribution in [3.8, 4) is 16.3 Å². The highest BCUT2D eigenvalue weighted by atomic mass is 32.1. The Bertz CT molecular complexity index is 1750. The highest BCUT2D eigenvalue weighted by Gasteiger charge is 2.36. The lowest BCUT2D eigenvalue weighted by atomic mass is 9.91. The van der Waals surface area contributed by atoms with Gasteiger partial charge in [-0.25, -0.2) is 14.4 Å². The SMILES string of the molecule is CCOC(=O)c1ccc(N2C(=O)/C(=C/c3cn(-c4ccccc4)nc3-c3cccs3)c3ccccc3C2=O)cc1. The number of para-hydroxylation sites is 1. The van der Waals surface area contributed by atoms with Crippen LogP contribution >= 0.6 is 11.3 Å². The van der Waals surface area contributed by atoms with Crippen LogP contribution in [0.1, 0.15) is 38.8 Å². The molecule has 5 aromatic rings. The zero-order chi connectivity index (χ0) is 27.6. The summed E-state index contributed by atoms with van der Waals surface area (Å²) in [6, 6.07) is 27.0. The molecule has 7 nitrogen and oxygen atoms in total. The number of nitrogens with zero attached hydrogens (tertiary/aromatic N) is 3. The predicted octanol–water partition coefficient (Wildman–Crippen LogP) is 6.51. The van der Waals surface area contributed by atoms with Gasteiger partial charge < -0.3 is 4.74 Å². The third-order valence-electron chi connectivity index (χ3n) is 6.54. The molecule has 2 amide bonds. The van der Waals surface area contributed by atoms with E-state index >= 15 is 0 Å². The summed E-state index contributed by atoms with van der Waals surface area (Å²) in [5, 5.41) is 6.83. The van der Waals surface area contributed by atoms with Crippen molar-refractivity contribution in [2.75, 3.05) is 11.5 Å². The molecule has 0 aliphatic carbocycles. The molecule has 0 saturated heterocycles. The van der Waals surface area contributed by atoms with E-state index < -0.39 is 17.8 Å². The standard InChI is InChI=1S/C32H23N3O4S/c1-2-39-32(38)21-14-16-24(17-15-21)35-30(36)26-12-7-6-11-25(26)27(31(35)37)19-22-20-34(23-9-4-3-5-10-23)33-29(22)28-13-8-18-40-28/h3-20H,2H2,1H3/b27-19+. The molecular formula is C32H23N3O4S. The van der Waals surface area contributed by atoms with E-state index in [2.05, 4.69) is 0 Å². The van der Waals surface area contributed by atoms with Gasteiger partial charge in [-0.3, -0.25) is 9.59 Å². The quantitative estimate of drug-likeness (QED) is 0.138. The number of benzene rings is 3. The number of fused-ring (bicyclic) bond motifs is 1. The summed E-state index contributed by atoms with van der Waals surface area (Å²) in [4.78, 5) is 41.8. The summed E-state index contributed by atoms with van der Waals surface area (Å²) in [6.45, 7) is 1.99. The molecule has 0 bridgehead atoms. The number of carbonyl (C=O) groups is 3. The maximum absolute atomic E-state index is 14.0. The van der Waals surface area contributed by atoms with Gasteiger partial charge in [0.2, 0.25) is 0 Å². The van der Waals surface area contributed by atoms with Crippen LogP contribution in [0.4, 0.5) is 5.69 Å². The molecule has 6 rings (SSSR count). The lowest BCUT2D eigenvalue weighted by Crippen LogP contribution is -2.41. The number of aromatic nitrogens is 2. The van der Waals surface area contributed by atoms with Gasteiger partial charge in [0.05, 0.1) is 28.4 Å². The highest BCUT2D eigenvalue weighted by molar-refractivity contribution is 7.13. The normalized spacial score (nSPS) is 13.9. The molecule has 0 spiro atoms. The van der Waals surface area contributed by atoms with Crippen LogP contribution in [0.5, 0.6) is 0 Å². The topological polar surface area (TPSA) is 81.5 Å². The Morgan fingerprint density at radius 3 is 2.27 bits per heavy atom. The molecule has 2 aromatic heterocycles. The van der Waals surface area contributed by atoms with Gasteiger partial charge in [-0.2, -0.15) is 5.10 Å². The molecule has 1 aliphatic rings. The molecule has 3 heterocycles. The molecule has 0 radical (unpaired) electrons. The number of esters is 1. The molecule has 3 aromatic carbocycles. The van der Waals surface area contributed by atoms with Gasteiger partial charge >= 0.3 is 5.97 Å². The number of hydrogen-bond acceptors (Lipinski definition) is 6. The zero-order valence-electron chi connectivity index (χ0n) is 21.5. The van der Waals surface area contributed by atoms with Crippen molar-refractivity contribution in [3.63, 3.8) is 0 Å². The van der Waals surface area contributed by atoms with E-state index in [4.69, 9.17) is 9.84 Å². The average molecular weight is 546 g/mol. The van der Waals surface area contributed by atoms with Crippen molar-refractivity contribution in [1.82, 2.24) is 9.78 Å². The number of carbonyl (C=O) groups excluding carboxylic acids is 3. The van der Waals surface area contributed by atoms with Crippen LogP contribution in [0, 0.1) is 0 Å². The third kappa shape index (κ3) is 4.54. The van der Waals surface area contributed by atoms with E-state index in [0.717, 1.165) is 26.7 Å². The van der Waals surface area contributed by atoms with Gasteiger partial charge in [-0.1, -0.05) is 42.5 Å². The van der Waals surface area contributed by atoms with Crippen LogP contribution in [0.25, 0.3) is 27.9 Å². The molecule has 0 fully saturated rings. The molecule has 40 heavy (non-hydrogen) atoms. The van der Waals surface area contributed by atoms with Crippen molar-refractivity contribution in [1.29, 1.82) is 0 Å². The number of anilines is 1. The van der Waals surface area contributed by atoms with Crippen LogP contribution in [-0.2, 0) is 9.53 Å². The van der Waals surface area contributed by atoms with E-state index in [9.17, 15) is 14.4 Å².